The van der Waals surface area contributed by atoms with Crippen molar-refractivity contribution in [2.75, 3.05) is 13.7 Å². The van der Waals surface area contributed by atoms with Gasteiger partial charge in [0.05, 0.1) is 6.61 Å². The molecule has 0 radical (unpaired) electrons. The monoisotopic (exact) mass is 196 g/mol. The van der Waals surface area contributed by atoms with Gasteiger partial charge < -0.3 is 9.47 Å². The van der Waals surface area contributed by atoms with Crippen LogP contribution in [0.1, 0.15) is 26.2 Å². The average Bonchev–Trinajstić information content (AvgIpc) is 2.18. The Morgan fingerprint density at radius 2 is 2.43 bits per heavy atom. The number of hydrogen-bond donors (Lipinski definition) is 0. The Morgan fingerprint density at radius 3 is 3.14 bits per heavy atom. The van der Waals surface area contributed by atoms with Crippen molar-refractivity contribution < 1.29 is 14.3 Å². The number of hydrogen-bond acceptors (Lipinski definition) is 3. The number of rotatable bonds is 1. The first-order valence-corrected chi connectivity index (χ1v) is 5.10. The average molecular weight is 196 g/mol. The van der Waals surface area contributed by atoms with Crippen molar-refractivity contribution in [3.8, 4) is 0 Å². The fourth-order valence-corrected chi connectivity index (χ4v) is 2.47. The second-order valence-electron chi connectivity index (χ2n) is 4.12. The van der Waals surface area contributed by atoms with E-state index in [2.05, 4.69) is 0 Å². The van der Waals surface area contributed by atoms with Crippen LogP contribution in [0.3, 0.4) is 0 Å². The van der Waals surface area contributed by atoms with Gasteiger partial charge in [0.1, 0.15) is 0 Å². The van der Waals surface area contributed by atoms with E-state index in [1.807, 2.05) is 6.92 Å². The van der Waals surface area contributed by atoms with Crippen molar-refractivity contribution in [2.45, 2.75) is 32.0 Å². The van der Waals surface area contributed by atoms with Gasteiger partial charge in [0.2, 0.25) is 11.6 Å². The fourth-order valence-electron chi connectivity index (χ4n) is 2.47. The molecule has 1 heterocycles. The topological polar surface area (TPSA) is 35.5 Å². The van der Waals surface area contributed by atoms with E-state index >= 15 is 0 Å². The molecule has 14 heavy (non-hydrogen) atoms. The lowest BCUT2D eigenvalue weighted by atomic mass is 9.79. The molecule has 0 bridgehead atoms. The van der Waals surface area contributed by atoms with Crippen molar-refractivity contribution in [3.63, 3.8) is 0 Å². The summed E-state index contributed by atoms with van der Waals surface area (Å²) in [5, 5.41) is 0. The molecule has 1 aliphatic heterocycles. The molecule has 0 aromatic carbocycles. The van der Waals surface area contributed by atoms with E-state index in [1.54, 1.807) is 13.2 Å². The fraction of sp³-hybridized carbons (Fsp3) is 0.727. The standard InChI is InChI=1S/C11H16O3/c1-8-6-9-4-3-5-14-11(9,13-2)10(12)7-8/h7,9H,3-6H2,1-2H3. The van der Waals surface area contributed by atoms with Gasteiger partial charge in [-0.05, 0) is 32.3 Å². The lowest BCUT2D eigenvalue weighted by Gasteiger charge is -2.43. The minimum absolute atomic E-state index is 0.0200. The van der Waals surface area contributed by atoms with E-state index in [4.69, 9.17) is 9.47 Å². The van der Waals surface area contributed by atoms with Crippen LogP contribution in [0.5, 0.6) is 0 Å². The number of carbonyl (C=O) groups is 1. The van der Waals surface area contributed by atoms with Gasteiger partial charge in [-0.15, -0.1) is 0 Å². The highest BCUT2D eigenvalue weighted by molar-refractivity contribution is 5.97. The molecule has 1 fully saturated rings. The van der Waals surface area contributed by atoms with Crippen molar-refractivity contribution in [2.24, 2.45) is 5.92 Å². The van der Waals surface area contributed by atoms with Crippen LogP contribution in [0, 0.1) is 5.92 Å². The summed E-state index contributed by atoms with van der Waals surface area (Å²) in [6.07, 6.45) is 4.62. The summed E-state index contributed by atoms with van der Waals surface area (Å²) >= 11 is 0. The molecule has 2 rings (SSSR count). The van der Waals surface area contributed by atoms with E-state index in [1.165, 1.54) is 0 Å². The SMILES string of the molecule is COC12OCCCC1CC(C)=CC2=O. The van der Waals surface area contributed by atoms with Gasteiger partial charge in [0.25, 0.3) is 0 Å². The first-order valence-electron chi connectivity index (χ1n) is 5.10. The van der Waals surface area contributed by atoms with Crippen LogP contribution >= 0.6 is 0 Å². The summed E-state index contributed by atoms with van der Waals surface area (Å²) in [4.78, 5) is 11.9. The van der Waals surface area contributed by atoms with Crippen LogP contribution in [-0.4, -0.2) is 25.3 Å². The van der Waals surface area contributed by atoms with Crippen molar-refractivity contribution in [1.29, 1.82) is 0 Å². The van der Waals surface area contributed by atoms with Crippen LogP contribution in [0.25, 0.3) is 0 Å². The van der Waals surface area contributed by atoms with E-state index in [-0.39, 0.29) is 11.7 Å². The maximum Gasteiger partial charge on any atom is 0.236 e. The largest absolute Gasteiger partial charge is 0.346 e. The molecule has 0 aromatic rings. The number of fused-ring (bicyclic) bond motifs is 1. The van der Waals surface area contributed by atoms with Crippen LogP contribution in [0.4, 0.5) is 0 Å². The molecule has 2 unspecified atom stereocenters. The Hall–Kier alpha value is -0.670. The Labute approximate surface area is 84.1 Å². The van der Waals surface area contributed by atoms with E-state index in [0.717, 1.165) is 24.8 Å². The molecule has 0 aromatic heterocycles. The van der Waals surface area contributed by atoms with Crippen molar-refractivity contribution in [1.82, 2.24) is 0 Å². The normalized spacial score (nSPS) is 37.7. The molecule has 0 amide bonds. The van der Waals surface area contributed by atoms with Crippen molar-refractivity contribution >= 4 is 5.78 Å². The van der Waals surface area contributed by atoms with E-state index in [9.17, 15) is 4.79 Å². The summed E-state index contributed by atoms with van der Waals surface area (Å²) in [7, 11) is 1.56. The maximum atomic E-state index is 11.9. The lowest BCUT2D eigenvalue weighted by Crippen LogP contribution is -2.53. The third-order valence-electron chi connectivity index (χ3n) is 3.14. The molecule has 3 heteroatoms. The molecule has 0 spiro atoms. The minimum Gasteiger partial charge on any atom is -0.346 e. The molecule has 3 nitrogen and oxygen atoms in total. The second kappa shape index (κ2) is 3.48. The highest BCUT2D eigenvalue weighted by Crippen LogP contribution is 2.40. The zero-order valence-electron chi connectivity index (χ0n) is 8.71. The molecule has 2 atom stereocenters. The Bertz CT molecular complexity index is 282. The Balaban J connectivity index is 2.34. The molecule has 1 saturated heterocycles. The number of methoxy groups -OCH3 is 1. The van der Waals surface area contributed by atoms with Crippen LogP contribution in [0.15, 0.2) is 11.6 Å². The second-order valence-corrected chi connectivity index (χ2v) is 4.12. The quantitative estimate of drug-likeness (QED) is 0.640. The molecule has 78 valence electrons. The number of ketones is 1. The van der Waals surface area contributed by atoms with Crippen LogP contribution in [0.2, 0.25) is 0 Å². The minimum atomic E-state index is -0.961. The molecular weight excluding hydrogens is 180 g/mol. The predicted molar refractivity (Wildman–Crippen MR) is 51.8 cm³/mol. The van der Waals surface area contributed by atoms with Gasteiger partial charge in [-0.1, -0.05) is 5.57 Å². The van der Waals surface area contributed by atoms with Crippen LogP contribution in [-0.2, 0) is 14.3 Å². The molecule has 0 saturated carbocycles. The van der Waals surface area contributed by atoms with Gasteiger partial charge in [0, 0.05) is 13.0 Å². The number of allylic oxidation sites excluding steroid dienone is 1. The van der Waals surface area contributed by atoms with E-state index < -0.39 is 5.79 Å². The molecular formula is C11H16O3. The smallest absolute Gasteiger partial charge is 0.236 e. The zero-order chi connectivity index (χ0) is 10.2. The Morgan fingerprint density at radius 1 is 1.64 bits per heavy atom. The Kier molecular flexibility index (Phi) is 2.45. The molecule has 2 aliphatic rings. The third kappa shape index (κ3) is 1.31. The first kappa shape index (κ1) is 9.87. The summed E-state index contributed by atoms with van der Waals surface area (Å²) in [5.41, 5.74) is 1.14. The third-order valence-corrected chi connectivity index (χ3v) is 3.14. The first-order chi connectivity index (χ1) is 6.69. The van der Waals surface area contributed by atoms with Crippen LogP contribution < -0.4 is 0 Å². The summed E-state index contributed by atoms with van der Waals surface area (Å²) in [6, 6.07) is 0. The summed E-state index contributed by atoms with van der Waals surface area (Å²) < 4.78 is 10.9. The maximum absolute atomic E-state index is 11.9. The zero-order valence-corrected chi connectivity index (χ0v) is 8.71. The van der Waals surface area contributed by atoms with Gasteiger partial charge in [0.15, 0.2) is 0 Å². The number of ether oxygens (including phenoxy) is 2. The lowest BCUT2D eigenvalue weighted by molar-refractivity contribution is -0.255. The van der Waals surface area contributed by atoms with Gasteiger partial charge in [-0.2, -0.15) is 0 Å². The highest BCUT2D eigenvalue weighted by atomic mass is 16.7. The summed E-state index contributed by atoms with van der Waals surface area (Å²) in [5.74, 6) is -0.773. The predicted octanol–water partition coefficient (Wildman–Crippen LogP) is 1.67. The molecule has 1 aliphatic carbocycles. The van der Waals surface area contributed by atoms with Gasteiger partial charge in [-0.25, -0.2) is 0 Å². The summed E-state index contributed by atoms with van der Waals surface area (Å²) in [6.45, 7) is 2.62. The van der Waals surface area contributed by atoms with Gasteiger partial charge >= 0.3 is 0 Å². The molecule has 0 N–H and O–H groups in total. The number of carbonyl (C=O) groups excluding carboxylic acids is 1. The van der Waals surface area contributed by atoms with Gasteiger partial charge in [-0.3, -0.25) is 4.79 Å². The van der Waals surface area contributed by atoms with Crippen molar-refractivity contribution in [3.05, 3.63) is 11.6 Å². The highest BCUT2D eigenvalue weighted by Gasteiger charge is 2.49. The van der Waals surface area contributed by atoms with E-state index in [0.29, 0.717) is 6.61 Å².